The summed E-state index contributed by atoms with van der Waals surface area (Å²) in [6.45, 7) is 3.42. The van der Waals surface area contributed by atoms with Crippen molar-refractivity contribution in [2.75, 3.05) is 0 Å². The monoisotopic (exact) mass is 323 g/mol. The molecule has 1 heterocycles. The molecule has 1 aromatic heterocycles. The van der Waals surface area contributed by atoms with Crippen LogP contribution in [-0.4, -0.2) is 22.1 Å². The van der Waals surface area contributed by atoms with Crippen molar-refractivity contribution >= 4 is 23.4 Å². The first-order valence-corrected chi connectivity index (χ1v) is 6.75. The summed E-state index contributed by atoms with van der Waals surface area (Å²) in [6, 6.07) is 4.04. The number of phenols is 1. The van der Waals surface area contributed by atoms with Gasteiger partial charge in [-0.25, -0.2) is 0 Å². The quantitative estimate of drug-likeness (QED) is 0.745. The summed E-state index contributed by atoms with van der Waals surface area (Å²) in [5.74, 6) is -0.801. The number of hydrogen-bond acceptors (Lipinski definition) is 5. The Labute approximate surface area is 131 Å². The zero-order chi connectivity index (χ0) is 16.3. The Balaban J connectivity index is 1.96. The molecule has 2 amide bonds. The van der Waals surface area contributed by atoms with Crippen LogP contribution >= 0.6 is 11.6 Å². The largest absolute Gasteiger partial charge is 0.507 e. The zero-order valence-electron chi connectivity index (χ0n) is 11.9. The van der Waals surface area contributed by atoms with Gasteiger partial charge < -0.3 is 9.63 Å². The Morgan fingerprint density at radius 2 is 2.05 bits per heavy atom. The molecule has 0 aliphatic heterocycles. The number of rotatable bonds is 3. The van der Waals surface area contributed by atoms with Crippen molar-refractivity contribution < 1.29 is 19.2 Å². The number of carbonyl (C=O) groups is 2. The molecule has 0 bridgehead atoms. The lowest BCUT2D eigenvalue weighted by molar-refractivity contribution is -0.121. The first kappa shape index (κ1) is 15.8. The number of amides is 2. The number of nitrogens with one attached hydrogen (secondary N) is 2. The van der Waals surface area contributed by atoms with Gasteiger partial charge in [0.2, 0.25) is 5.91 Å². The Morgan fingerprint density at radius 3 is 2.68 bits per heavy atom. The van der Waals surface area contributed by atoms with Gasteiger partial charge in [0.15, 0.2) is 0 Å². The molecule has 0 radical (unpaired) electrons. The number of phenolic OH excluding ortho intramolecular Hbond substituents is 1. The van der Waals surface area contributed by atoms with Gasteiger partial charge in [-0.15, -0.1) is 0 Å². The van der Waals surface area contributed by atoms with Crippen LogP contribution in [0.3, 0.4) is 0 Å². The van der Waals surface area contributed by atoms with E-state index in [9.17, 15) is 14.7 Å². The number of nitrogens with zero attached hydrogens (tertiary/aromatic N) is 1. The number of benzene rings is 1. The fraction of sp³-hybridized carbons (Fsp3) is 0.214. The molecule has 2 rings (SSSR count). The van der Waals surface area contributed by atoms with E-state index in [-0.39, 0.29) is 17.7 Å². The minimum atomic E-state index is -0.674. The summed E-state index contributed by atoms with van der Waals surface area (Å²) in [4.78, 5) is 23.7. The second-order valence-electron chi connectivity index (χ2n) is 4.64. The molecule has 0 atom stereocenters. The molecule has 0 saturated carbocycles. The van der Waals surface area contributed by atoms with Crippen molar-refractivity contribution in [2.45, 2.75) is 20.3 Å². The van der Waals surface area contributed by atoms with Crippen LogP contribution in [0.15, 0.2) is 22.7 Å². The molecule has 7 nitrogen and oxygen atoms in total. The Morgan fingerprint density at radius 1 is 1.32 bits per heavy atom. The normalized spacial score (nSPS) is 10.3. The predicted molar refractivity (Wildman–Crippen MR) is 78.4 cm³/mol. The topological polar surface area (TPSA) is 104 Å². The van der Waals surface area contributed by atoms with Crippen molar-refractivity contribution in [3.63, 3.8) is 0 Å². The van der Waals surface area contributed by atoms with E-state index in [0.29, 0.717) is 22.0 Å². The van der Waals surface area contributed by atoms with E-state index in [0.717, 1.165) is 0 Å². The van der Waals surface area contributed by atoms with Crippen molar-refractivity contribution in [1.29, 1.82) is 0 Å². The van der Waals surface area contributed by atoms with Gasteiger partial charge in [-0.05, 0) is 32.0 Å². The van der Waals surface area contributed by atoms with Crippen molar-refractivity contribution in [2.24, 2.45) is 0 Å². The van der Waals surface area contributed by atoms with Crippen LogP contribution in [0.5, 0.6) is 5.75 Å². The van der Waals surface area contributed by atoms with Gasteiger partial charge in [0.05, 0.1) is 17.7 Å². The minimum Gasteiger partial charge on any atom is -0.507 e. The molecule has 0 spiro atoms. The lowest BCUT2D eigenvalue weighted by Crippen LogP contribution is -2.42. The van der Waals surface area contributed by atoms with E-state index in [1.165, 1.54) is 18.2 Å². The van der Waals surface area contributed by atoms with Gasteiger partial charge in [-0.1, -0.05) is 16.8 Å². The van der Waals surface area contributed by atoms with Gasteiger partial charge in [0.1, 0.15) is 11.5 Å². The third kappa shape index (κ3) is 3.56. The van der Waals surface area contributed by atoms with Crippen LogP contribution in [0.4, 0.5) is 0 Å². The number of carbonyl (C=O) groups excluding carboxylic acids is 2. The molecule has 0 fully saturated rings. The maximum absolute atomic E-state index is 11.9. The molecule has 8 heteroatoms. The SMILES string of the molecule is Cc1noc(C)c1CC(=O)NNC(=O)c1cc(Cl)ccc1O. The van der Waals surface area contributed by atoms with Gasteiger partial charge >= 0.3 is 0 Å². The van der Waals surface area contributed by atoms with Gasteiger partial charge in [-0.2, -0.15) is 0 Å². The van der Waals surface area contributed by atoms with Crippen LogP contribution in [0.1, 0.15) is 27.4 Å². The molecule has 0 unspecified atom stereocenters. The lowest BCUT2D eigenvalue weighted by Gasteiger charge is -2.08. The number of hydrazine groups is 1. The maximum Gasteiger partial charge on any atom is 0.273 e. The molecule has 2 aromatic rings. The smallest absolute Gasteiger partial charge is 0.273 e. The third-order valence-electron chi connectivity index (χ3n) is 3.04. The molecule has 0 saturated heterocycles. The molecular weight excluding hydrogens is 310 g/mol. The Kier molecular flexibility index (Phi) is 4.67. The van der Waals surface area contributed by atoms with Gasteiger partial charge in [0.25, 0.3) is 5.91 Å². The van der Waals surface area contributed by atoms with E-state index in [1.807, 2.05) is 0 Å². The highest BCUT2D eigenvalue weighted by atomic mass is 35.5. The number of aryl methyl sites for hydroxylation is 2. The molecule has 0 aliphatic rings. The first-order valence-electron chi connectivity index (χ1n) is 6.38. The number of aromatic nitrogens is 1. The fourth-order valence-electron chi connectivity index (χ4n) is 1.84. The molecule has 0 aliphatic carbocycles. The van der Waals surface area contributed by atoms with Crippen LogP contribution in [0.25, 0.3) is 0 Å². The van der Waals surface area contributed by atoms with E-state index in [1.54, 1.807) is 13.8 Å². The molecule has 116 valence electrons. The second kappa shape index (κ2) is 6.48. The summed E-state index contributed by atoms with van der Waals surface area (Å²) in [6.07, 6.45) is 0.0168. The summed E-state index contributed by atoms with van der Waals surface area (Å²) in [7, 11) is 0. The van der Waals surface area contributed by atoms with Gasteiger partial charge in [0, 0.05) is 10.6 Å². The summed E-state index contributed by atoms with van der Waals surface area (Å²) < 4.78 is 4.95. The average molecular weight is 324 g/mol. The number of halogens is 1. The van der Waals surface area contributed by atoms with Crippen molar-refractivity contribution in [1.82, 2.24) is 16.0 Å². The second-order valence-corrected chi connectivity index (χ2v) is 5.08. The van der Waals surface area contributed by atoms with Crippen LogP contribution in [0, 0.1) is 13.8 Å². The van der Waals surface area contributed by atoms with E-state index >= 15 is 0 Å². The fourth-order valence-corrected chi connectivity index (χ4v) is 2.02. The van der Waals surface area contributed by atoms with E-state index in [2.05, 4.69) is 16.0 Å². The van der Waals surface area contributed by atoms with Crippen LogP contribution < -0.4 is 10.9 Å². The average Bonchev–Trinajstić information content (AvgIpc) is 2.79. The number of aromatic hydroxyl groups is 1. The van der Waals surface area contributed by atoms with Gasteiger partial charge in [-0.3, -0.25) is 20.4 Å². The summed E-state index contributed by atoms with van der Waals surface area (Å²) in [5.41, 5.74) is 5.71. The number of hydrogen-bond donors (Lipinski definition) is 3. The molecule has 3 N–H and O–H groups in total. The van der Waals surface area contributed by atoms with Crippen LogP contribution in [0.2, 0.25) is 5.02 Å². The minimum absolute atomic E-state index is 0.0168. The Hall–Kier alpha value is -2.54. The maximum atomic E-state index is 11.9. The third-order valence-corrected chi connectivity index (χ3v) is 3.27. The lowest BCUT2D eigenvalue weighted by atomic mass is 10.1. The van der Waals surface area contributed by atoms with Crippen LogP contribution in [-0.2, 0) is 11.2 Å². The highest BCUT2D eigenvalue weighted by Crippen LogP contribution is 2.21. The molecular formula is C14H14ClN3O4. The van der Waals surface area contributed by atoms with E-state index < -0.39 is 11.8 Å². The first-order chi connectivity index (χ1) is 10.4. The highest BCUT2D eigenvalue weighted by molar-refractivity contribution is 6.31. The van der Waals surface area contributed by atoms with E-state index in [4.69, 9.17) is 16.1 Å². The van der Waals surface area contributed by atoms with Crippen molar-refractivity contribution in [3.05, 3.63) is 45.8 Å². The van der Waals surface area contributed by atoms with Crippen molar-refractivity contribution in [3.8, 4) is 5.75 Å². The standard InChI is InChI=1S/C14H14ClN3O4/c1-7-10(8(2)22-18-7)6-13(20)16-17-14(21)11-5-9(15)3-4-12(11)19/h3-5,19H,6H2,1-2H3,(H,16,20)(H,17,21). The zero-order valence-corrected chi connectivity index (χ0v) is 12.7. The predicted octanol–water partition coefficient (Wildman–Crippen LogP) is 1.65. The highest BCUT2D eigenvalue weighted by Gasteiger charge is 2.15. The molecule has 22 heavy (non-hydrogen) atoms. The Bertz CT molecular complexity index is 707. The summed E-state index contributed by atoms with van der Waals surface area (Å²) in [5, 5.41) is 13.6. The summed E-state index contributed by atoms with van der Waals surface area (Å²) >= 11 is 5.76. The molecule has 1 aromatic carbocycles.